The van der Waals surface area contributed by atoms with E-state index in [1.54, 1.807) is 44.7 Å². The van der Waals surface area contributed by atoms with Gasteiger partial charge < -0.3 is 14.4 Å². The second kappa shape index (κ2) is 7.49. The van der Waals surface area contributed by atoms with Crippen molar-refractivity contribution in [2.24, 2.45) is 0 Å². The van der Waals surface area contributed by atoms with Crippen LogP contribution in [0.1, 0.15) is 11.1 Å². The summed E-state index contributed by atoms with van der Waals surface area (Å²) in [6, 6.07) is 10.8. The minimum atomic E-state index is -0.350. The molecule has 1 heterocycles. The van der Waals surface area contributed by atoms with Crippen LogP contribution >= 0.6 is 0 Å². The van der Waals surface area contributed by atoms with Gasteiger partial charge in [-0.1, -0.05) is 0 Å². The van der Waals surface area contributed by atoms with Crippen LogP contribution in [0.25, 0.3) is 10.9 Å². The van der Waals surface area contributed by atoms with E-state index >= 15 is 0 Å². The molecule has 0 saturated heterocycles. The van der Waals surface area contributed by atoms with E-state index in [9.17, 15) is 10.1 Å². The van der Waals surface area contributed by atoms with E-state index in [4.69, 9.17) is 9.47 Å². The summed E-state index contributed by atoms with van der Waals surface area (Å²) in [6.07, 6.45) is 1.63. The van der Waals surface area contributed by atoms with E-state index < -0.39 is 0 Å². The maximum atomic E-state index is 11.8. The Hall–Kier alpha value is -3.35. The number of ether oxygens (including phenoxy) is 2. The van der Waals surface area contributed by atoms with Crippen molar-refractivity contribution in [3.05, 3.63) is 63.8 Å². The highest BCUT2D eigenvalue weighted by atomic mass is 16.6. The standard InChI is InChI=1S/C20H21N3O4/c1-13-10-18(26-3)19(27-4)11-14(13)12-22(2)17-8-7-16-15(6-5-9-21-16)20(17)23(24)25/h5-11H,12H2,1-4H3. The highest BCUT2D eigenvalue weighted by molar-refractivity contribution is 5.94. The maximum absolute atomic E-state index is 11.8. The van der Waals surface area contributed by atoms with Gasteiger partial charge in [0.15, 0.2) is 11.5 Å². The zero-order chi connectivity index (χ0) is 19.6. The molecule has 3 rings (SSSR count). The largest absolute Gasteiger partial charge is 0.493 e. The summed E-state index contributed by atoms with van der Waals surface area (Å²) >= 11 is 0. The molecular weight excluding hydrogens is 346 g/mol. The molecule has 1 aromatic heterocycles. The Kier molecular flexibility index (Phi) is 5.12. The average molecular weight is 367 g/mol. The van der Waals surface area contributed by atoms with Gasteiger partial charge in [0.05, 0.1) is 30.0 Å². The molecule has 0 N–H and O–H groups in total. The molecule has 0 radical (unpaired) electrons. The Morgan fingerprint density at radius 3 is 2.52 bits per heavy atom. The number of methoxy groups -OCH3 is 2. The van der Waals surface area contributed by atoms with Crippen LogP contribution in [0, 0.1) is 17.0 Å². The fourth-order valence-electron chi connectivity index (χ4n) is 3.16. The molecule has 27 heavy (non-hydrogen) atoms. The van der Waals surface area contributed by atoms with Gasteiger partial charge in [0.1, 0.15) is 5.69 Å². The quantitative estimate of drug-likeness (QED) is 0.482. The van der Waals surface area contributed by atoms with Crippen LogP contribution in [0.2, 0.25) is 0 Å². The fourth-order valence-corrected chi connectivity index (χ4v) is 3.16. The third kappa shape index (κ3) is 3.48. The number of aromatic nitrogens is 1. The number of fused-ring (bicyclic) bond motifs is 1. The summed E-state index contributed by atoms with van der Waals surface area (Å²) in [7, 11) is 5.01. The molecule has 7 heteroatoms. The minimum absolute atomic E-state index is 0.0567. The third-order valence-corrected chi connectivity index (χ3v) is 4.58. The molecule has 0 aliphatic carbocycles. The fraction of sp³-hybridized carbons (Fsp3) is 0.250. The predicted molar refractivity (Wildman–Crippen MR) is 105 cm³/mol. The highest BCUT2D eigenvalue weighted by Gasteiger charge is 2.22. The lowest BCUT2D eigenvalue weighted by atomic mass is 10.1. The number of nitro groups is 1. The van der Waals surface area contributed by atoms with Crippen molar-refractivity contribution >= 4 is 22.3 Å². The molecular formula is C20H21N3O4. The molecule has 0 amide bonds. The van der Waals surface area contributed by atoms with Crippen molar-refractivity contribution in [1.82, 2.24) is 4.98 Å². The van der Waals surface area contributed by atoms with Gasteiger partial charge in [0.2, 0.25) is 0 Å². The zero-order valence-electron chi connectivity index (χ0n) is 15.7. The molecule has 0 atom stereocenters. The highest BCUT2D eigenvalue weighted by Crippen LogP contribution is 2.36. The van der Waals surface area contributed by atoms with Gasteiger partial charge >= 0.3 is 5.69 Å². The first-order chi connectivity index (χ1) is 13.0. The van der Waals surface area contributed by atoms with E-state index in [0.29, 0.717) is 34.6 Å². The van der Waals surface area contributed by atoms with Crippen LogP contribution in [0.3, 0.4) is 0 Å². The lowest BCUT2D eigenvalue weighted by Gasteiger charge is -2.22. The number of nitro benzene ring substituents is 1. The normalized spacial score (nSPS) is 10.7. The Morgan fingerprint density at radius 1 is 1.15 bits per heavy atom. The first-order valence-corrected chi connectivity index (χ1v) is 8.41. The first-order valence-electron chi connectivity index (χ1n) is 8.41. The number of hydrogen-bond acceptors (Lipinski definition) is 6. The molecule has 0 fully saturated rings. The Bertz CT molecular complexity index is 1000. The minimum Gasteiger partial charge on any atom is -0.493 e. The topological polar surface area (TPSA) is 77.7 Å². The molecule has 0 bridgehead atoms. The van der Waals surface area contributed by atoms with Gasteiger partial charge in [-0.25, -0.2) is 0 Å². The van der Waals surface area contributed by atoms with Crippen LogP contribution in [-0.4, -0.2) is 31.2 Å². The lowest BCUT2D eigenvalue weighted by molar-refractivity contribution is -0.382. The van der Waals surface area contributed by atoms with Crippen LogP contribution in [0.15, 0.2) is 42.6 Å². The number of anilines is 1. The van der Waals surface area contributed by atoms with Gasteiger partial charge in [-0.15, -0.1) is 0 Å². The summed E-state index contributed by atoms with van der Waals surface area (Å²) in [5.74, 6) is 1.29. The maximum Gasteiger partial charge on any atom is 0.301 e. The van der Waals surface area contributed by atoms with Gasteiger partial charge in [-0.2, -0.15) is 0 Å². The summed E-state index contributed by atoms with van der Waals surface area (Å²) in [4.78, 5) is 17.5. The first kappa shape index (κ1) is 18.4. The molecule has 0 unspecified atom stereocenters. The van der Waals surface area contributed by atoms with Crippen molar-refractivity contribution in [1.29, 1.82) is 0 Å². The zero-order valence-corrected chi connectivity index (χ0v) is 15.7. The second-order valence-electron chi connectivity index (χ2n) is 6.25. The lowest BCUT2D eigenvalue weighted by Crippen LogP contribution is -2.18. The van der Waals surface area contributed by atoms with Gasteiger partial charge in [0, 0.05) is 19.8 Å². The van der Waals surface area contributed by atoms with E-state index in [0.717, 1.165) is 11.1 Å². The summed E-state index contributed by atoms with van der Waals surface area (Å²) < 4.78 is 10.7. The van der Waals surface area contributed by atoms with Crippen LogP contribution < -0.4 is 14.4 Å². The van der Waals surface area contributed by atoms with Crippen LogP contribution in [0.5, 0.6) is 11.5 Å². The smallest absolute Gasteiger partial charge is 0.301 e. The van der Waals surface area contributed by atoms with E-state index in [1.807, 2.05) is 31.0 Å². The molecule has 140 valence electrons. The number of benzene rings is 2. The SMILES string of the molecule is COc1cc(C)c(CN(C)c2ccc3ncccc3c2[N+](=O)[O-])cc1OC. The second-order valence-corrected chi connectivity index (χ2v) is 6.25. The Labute approximate surface area is 157 Å². The van der Waals surface area contributed by atoms with Crippen molar-refractivity contribution in [2.45, 2.75) is 13.5 Å². The van der Waals surface area contributed by atoms with Gasteiger partial charge in [-0.05, 0) is 54.4 Å². The number of nitrogens with zero attached hydrogens (tertiary/aromatic N) is 3. The summed E-state index contributed by atoms with van der Waals surface area (Å²) in [5.41, 5.74) is 3.21. The third-order valence-electron chi connectivity index (χ3n) is 4.58. The Morgan fingerprint density at radius 2 is 1.85 bits per heavy atom. The van der Waals surface area contributed by atoms with E-state index in [2.05, 4.69) is 4.98 Å². The Balaban J connectivity index is 2.03. The van der Waals surface area contributed by atoms with Crippen molar-refractivity contribution in [3.63, 3.8) is 0 Å². The van der Waals surface area contributed by atoms with Crippen molar-refractivity contribution in [2.75, 3.05) is 26.2 Å². The number of hydrogen-bond donors (Lipinski definition) is 0. The molecule has 3 aromatic rings. The van der Waals surface area contributed by atoms with E-state index in [1.165, 1.54) is 0 Å². The number of pyridine rings is 1. The van der Waals surface area contributed by atoms with Gasteiger partial charge in [-0.3, -0.25) is 15.1 Å². The average Bonchev–Trinajstić information content (AvgIpc) is 2.67. The monoisotopic (exact) mass is 367 g/mol. The molecule has 0 saturated carbocycles. The summed E-state index contributed by atoms with van der Waals surface area (Å²) in [5, 5.41) is 12.3. The molecule has 0 aliphatic rings. The predicted octanol–water partition coefficient (Wildman–Crippen LogP) is 4.11. The van der Waals surface area contributed by atoms with Crippen LogP contribution in [-0.2, 0) is 6.54 Å². The van der Waals surface area contributed by atoms with E-state index in [-0.39, 0.29) is 10.6 Å². The van der Waals surface area contributed by atoms with Crippen LogP contribution in [0.4, 0.5) is 11.4 Å². The molecule has 0 spiro atoms. The van der Waals surface area contributed by atoms with Crippen molar-refractivity contribution < 1.29 is 14.4 Å². The molecule has 2 aromatic carbocycles. The molecule has 7 nitrogen and oxygen atoms in total. The number of aryl methyl sites for hydroxylation is 1. The van der Waals surface area contributed by atoms with Crippen molar-refractivity contribution in [3.8, 4) is 11.5 Å². The van der Waals surface area contributed by atoms with Gasteiger partial charge in [0.25, 0.3) is 0 Å². The summed E-state index contributed by atoms with van der Waals surface area (Å²) in [6.45, 7) is 2.46. The molecule has 0 aliphatic heterocycles. The number of rotatable bonds is 6.